The third kappa shape index (κ3) is 5.18. The second-order valence-corrected chi connectivity index (χ2v) is 14.2. The number of nitrogens with zero attached hydrogens (tertiary/aromatic N) is 2. The van der Waals surface area contributed by atoms with E-state index >= 15 is 0 Å². The number of hydrogen-bond donors (Lipinski definition) is 1. The minimum Gasteiger partial charge on any atom is -0.493 e. The van der Waals surface area contributed by atoms with Gasteiger partial charge in [0, 0.05) is 39.6 Å². The Morgan fingerprint density at radius 3 is 1.65 bits per heavy atom. The first-order chi connectivity index (χ1) is 25.4. The van der Waals surface area contributed by atoms with Crippen molar-refractivity contribution in [1.82, 2.24) is 4.90 Å². The van der Waals surface area contributed by atoms with Crippen LogP contribution in [0.25, 0.3) is 43.1 Å². The molecule has 8 rings (SSSR count). The molecule has 0 bridgehead atoms. The zero-order valence-corrected chi connectivity index (χ0v) is 30.1. The van der Waals surface area contributed by atoms with Crippen molar-refractivity contribution in [2.24, 2.45) is 0 Å². The van der Waals surface area contributed by atoms with E-state index in [1.165, 1.54) is 59.2 Å². The largest absolute Gasteiger partial charge is 0.493 e. The van der Waals surface area contributed by atoms with Gasteiger partial charge in [0.25, 0.3) is 17.7 Å². The summed E-state index contributed by atoms with van der Waals surface area (Å²) in [6.45, 7) is 2.75. The summed E-state index contributed by atoms with van der Waals surface area (Å²) in [6.07, 6.45) is 11.0. The summed E-state index contributed by atoms with van der Waals surface area (Å²) in [5.41, 5.74) is 2.47. The topological polar surface area (TPSA) is 96.4 Å². The van der Waals surface area contributed by atoms with Gasteiger partial charge in [0.05, 0.1) is 19.9 Å². The average molecular weight is 697 g/mol. The molecule has 1 N–H and O–H groups in total. The van der Waals surface area contributed by atoms with Gasteiger partial charge in [0.1, 0.15) is 0 Å². The maximum absolute atomic E-state index is 14.2. The fraction of sp³-hybridized carbons (Fsp3) is 0.341. The minimum atomic E-state index is -1.03. The Balaban J connectivity index is 1.14. The van der Waals surface area contributed by atoms with E-state index in [4.69, 9.17) is 9.47 Å². The summed E-state index contributed by atoms with van der Waals surface area (Å²) >= 11 is 0. The van der Waals surface area contributed by atoms with Crippen LogP contribution in [0.4, 0.5) is 5.69 Å². The van der Waals surface area contributed by atoms with Gasteiger partial charge in [0.15, 0.2) is 17.7 Å². The minimum absolute atomic E-state index is 0.153. The van der Waals surface area contributed by atoms with Crippen LogP contribution < -0.4 is 14.4 Å². The number of aliphatic hydroxyl groups is 1. The van der Waals surface area contributed by atoms with E-state index in [2.05, 4.69) is 6.92 Å². The molecule has 0 saturated carbocycles. The summed E-state index contributed by atoms with van der Waals surface area (Å²) in [5.74, 6) is -0.327. The number of para-hydroxylation sites is 1. The first-order valence-electron chi connectivity index (χ1n) is 18.7. The number of fused-ring (bicyclic) bond motifs is 2. The lowest BCUT2D eigenvalue weighted by Gasteiger charge is -2.35. The van der Waals surface area contributed by atoms with E-state index in [1.54, 1.807) is 35.2 Å². The Bertz CT molecular complexity index is 2310. The molecule has 1 unspecified atom stereocenters. The Hall–Kier alpha value is -5.21. The van der Waals surface area contributed by atoms with Crippen LogP contribution in [-0.4, -0.2) is 48.5 Å². The zero-order valence-electron chi connectivity index (χ0n) is 30.1. The summed E-state index contributed by atoms with van der Waals surface area (Å²) in [5, 5.41) is 18.3. The lowest BCUT2D eigenvalue weighted by atomic mass is 9.82. The highest BCUT2D eigenvalue weighted by Gasteiger charge is 2.38. The third-order valence-electron chi connectivity index (χ3n) is 11.2. The van der Waals surface area contributed by atoms with Gasteiger partial charge in [0.2, 0.25) is 0 Å². The van der Waals surface area contributed by atoms with Crippen molar-refractivity contribution in [2.75, 3.05) is 25.7 Å². The smallest absolute Gasteiger partial charge is 0.266 e. The highest BCUT2D eigenvalue weighted by molar-refractivity contribution is 6.43. The number of unbranched alkanes of at least 4 members (excludes halogenated alkanes) is 9. The van der Waals surface area contributed by atoms with Gasteiger partial charge < -0.3 is 19.5 Å². The van der Waals surface area contributed by atoms with Crippen LogP contribution in [0.5, 0.6) is 11.5 Å². The number of carbonyl (C=O) groups excluding carboxylic acids is 3. The van der Waals surface area contributed by atoms with Crippen LogP contribution in [0.15, 0.2) is 66.7 Å². The molecule has 0 saturated heterocycles. The molecule has 6 aromatic carbocycles. The molecule has 1 atom stereocenters. The lowest BCUT2D eigenvalue weighted by Crippen LogP contribution is -2.40. The number of amides is 3. The van der Waals surface area contributed by atoms with Gasteiger partial charge in [-0.1, -0.05) is 101 Å². The fourth-order valence-corrected chi connectivity index (χ4v) is 8.69. The van der Waals surface area contributed by atoms with E-state index in [0.717, 1.165) is 67.4 Å². The number of methoxy groups -OCH3 is 2. The van der Waals surface area contributed by atoms with Crippen molar-refractivity contribution in [3.63, 3.8) is 0 Å². The molecule has 0 radical (unpaired) electrons. The molecule has 0 fully saturated rings. The van der Waals surface area contributed by atoms with E-state index in [9.17, 15) is 19.5 Å². The van der Waals surface area contributed by atoms with Gasteiger partial charge >= 0.3 is 0 Å². The van der Waals surface area contributed by atoms with Crippen molar-refractivity contribution >= 4 is 66.5 Å². The lowest BCUT2D eigenvalue weighted by molar-refractivity contribution is 0.00419. The monoisotopic (exact) mass is 696 g/mol. The van der Waals surface area contributed by atoms with Gasteiger partial charge in [-0.3, -0.25) is 14.4 Å². The maximum Gasteiger partial charge on any atom is 0.266 e. The molecule has 2 aliphatic rings. The summed E-state index contributed by atoms with van der Waals surface area (Å²) in [7, 11) is 2.99. The van der Waals surface area contributed by atoms with Gasteiger partial charge in [-0.05, 0) is 69.1 Å². The standard InChI is InChI=1S/C44H44N2O6/c1-4-5-6-7-8-9-10-11-12-13-25-45-41(47)30-21-17-26-28-19-23-32-39-33(44(50)46(43(32)49)34-15-14-16-35(51-2)40(34)52-3)24-20-29(37(28)39)27-18-22-31(42(45)48)38(30)36(26)27/h14-24,41,47H,4-13,25H2,1-3H3. The molecule has 0 aromatic heterocycles. The molecule has 2 aliphatic heterocycles. The Kier molecular flexibility index (Phi) is 8.95. The Labute approximate surface area is 303 Å². The number of carbonyl (C=O) groups is 3. The number of rotatable bonds is 14. The maximum atomic E-state index is 14.2. The van der Waals surface area contributed by atoms with E-state index < -0.39 is 18.0 Å². The highest BCUT2D eigenvalue weighted by atomic mass is 16.5. The van der Waals surface area contributed by atoms with E-state index in [-0.39, 0.29) is 5.91 Å². The molecule has 0 spiro atoms. The second kappa shape index (κ2) is 13.7. The number of imide groups is 1. The van der Waals surface area contributed by atoms with Crippen LogP contribution in [0.1, 0.15) is 114 Å². The zero-order chi connectivity index (χ0) is 36.1. The Morgan fingerprint density at radius 1 is 0.577 bits per heavy atom. The molecule has 2 heterocycles. The molecule has 0 aliphatic carbocycles. The highest BCUT2D eigenvalue weighted by Crippen LogP contribution is 2.48. The number of hydrogen-bond acceptors (Lipinski definition) is 6. The normalized spacial score (nSPS) is 15.6. The quantitative estimate of drug-likeness (QED) is 0.0527. The van der Waals surface area contributed by atoms with Crippen molar-refractivity contribution in [3.05, 3.63) is 89.0 Å². The second-order valence-electron chi connectivity index (χ2n) is 14.2. The molecular formula is C44H44N2O6. The van der Waals surface area contributed by atoms with Crippen molar-refractivity contribution in [2.45, 2.75) is 77.4 Å². The molecule has 8 nitrogen and oxygen atoms in total. The van der Waals surface area contributed by atoms with Gasteiger partial charge in [-0.15, -0.1) is 0 Å². The number of anilines is 1. The van der Waals surface area contributed by atoms with Crippen LogP contribution in [0.2, 0.25) is 0 Å². The Morgan fingerprint density at radius 2 is 1.10 bits per heavy atom. The predicted molar refractivity (Wildman–Crippen MR) is 206 cm³/mol. The van der Waals surface area contributed by atoms with Gasteiger partial charge in [-0.25, -0.2) is 4.90 Å². The van der Waals surface area contributed by atoms with Crippen molar-refractivity contribution < 1.29 is 29.0 Å². The van der Waals surface area contributed by atoms with Crippen LogP contribution in [0.3, 0.4) is 0 Å². The van der Waals surface area contributed by atoms with Crippen molar-refractivity contribution in [3.8, 4) is 11.5 Å². The van der Waals surface area contributed by atoms with Crippen LogP contribution in [0, 0.1) is 0 Å². The molecule has 266 valence electrons. The summed E-state index contributed by atoms with van der Waals surface area (Å²) in [4.78, 5) is 45.2. The first kappa shape index (κ1) is 33.9. The SMILES string of the molecule is CCCCCCCCCCCCN1C(=O)c2ccc3c4ccc5c6c(ccc(c7ccc(c2c37)C1O)c64)C(=O)N(c1cccc(OC)c1OC)C5=O. The summed E-state index contributed by atoms with van der Waals surface area (Å²) < 4.78 is 11.1. The van der Waals surface area contributed by atoms with Crippen molar-refractivity contribution in [1.29, 1.82) is 0 Å². The first-order valence-corrected chi connectivity index (χ1v) is 18.7. The molecule has 6 aromatic rings. The van der Waals surface area contributed by atoms with Crippen LogP contribution in [-0.2, 0) is 0 Å². The third-order valence-corrected chi connectivity index (χ3v) is 11.2. The van der Waals surface area contributed by atoms with Crippen LogP contribution >= 0.6 is 0 Å². The molecule has 3 amide bonds. The number of benzene rings is 6. The van der Waals surface area contributed by atoms with E-state index in [1.807, 2.05) is 36.4 Å². The van der Waals surface area contributed by atoms with E-state index in [0.29, 0.717) is 45.8 Å². The fourth-order valence-electron chi connectivity index (χ4n) is 8.69. The average Bonchev–Trinajstić information content (AvgIpc) is 3.17. The molecule has 8 heteroatoms. The number of ether oxygens (including phenoxy) is 2. The molecular weight excluding hydrogens is 652 g/mol. The van der Waals surface area contributed by atoms with Gasteiger partial charge in [-0.2, -0.15) is 0 Å². The summed E-state index contributed by atoms with van der Waals surface area (Å²) in [6, 6.07) is 20.4. The predicted octanol–water partition coefficient (Wildman–Crippen LogP) is 9.92. The molecule has 52 heavy (non-hydrogen) atoms. The number of aliphatic hydroxyl groups excluding tert-OH is 1.